The van der Waals surface area contributed by atoms with E-state index in [-0.39, 0.29) is 17.7 Å². The van der Waals surface area contributed by atoms with Crippen molar-refractivity contribution in [3.63, 3.8) is 0 Å². The lowest BCUT2D eigenvalue weighted by molar-refractivity contribution is -0.131. The largest absolute Gasteiger partial charge is 0.360 e. The van der Waals surface area contributed by atoms with Gasteiger partial charge in [0.1, 0.15) is 0 Å². The summed E-state index contributed by atoms with van der Waals surface area (Å²) in [5.41, 5.74) is 1.73. The summed E-state index contributed by atoms with van der Waals surface area (Å²) in [5, 5.41) is 2.96. The zero-order valence-electron chi connectivity index (χ0n) is 13.9. The van der Waals surface area contributed by atoms with E-state index < -0.39 is 0 Å². The van der Waals surface area contributed by atoms with E-state index in [0.717, 1.165) is 37.3 Å². The number of nitrogens with zero attached hydrogens (tertiary/aromatic N) is 2. The Hall–Kier alpha value is -2.04. The number of para-hydroxylation sites is 2. The van der Waals surface area contributed by atoms with E-state index >= 15 is 0 Å². The van der Waals surface area contributed by atoms with Crippen molar-refractivity contribution < 1.29 is 9.59 Å². The molecule has 1 unspecified atom stereocenters. The molecule has 1 fully saturated rings. The molecule has 0 aliphatic carbocycles. The van der Waals surface area contributed by atoms with Gasteiger partial charge in [-0.2, -0.15) is 0 Å². The van der Waals surface area contributed by atoms with Crippen molar-refractivity contribution in [2.75, 3.05) is 36.4 Å². The van der Waals surface area contributed by atoms with Crippen LogP contribution in [0.4, 0.5) is 11.4 Å². The number of anilines is 2. The summed E-state index contributed by atoms with van der Waals surface area (Å²) in [6.07, 6.45) is 2.16. The Morgan fingerprint density at radius 3 is 2.65 bits per heavy atom. The van der Waals surface area contributed by atoms with E-state index in [9.17, 15) is 9.59 Å². The van der Waals surface area contributed by atoms with Crippen molar-refractivity contribution in [3.8, 4) is 0 Å². The van der Waals surface area contributed by atoms with Gasteiger partial charge in [0.15, 0.2) is 0 Å². The van der Waals surface area contributed by atoms with Gasteiger partial charge in [-0.05, 0) is 30.9 Å². The van der Waals surface area contributed by atoms with Crippen LogP contribution in [0.1, 0.15) is 26.7 Å². The maximum absolute atomic E-state index is 12.7. The molecule has 0 bridgehead atoms. The fraction of sp³-hybridized carbons (Fsp3) is 0.556. The van der Waals surface area contributed by atoms with Gasteiger partial charge in [0.2, 0.25) is 11.8 Å². The van der Waals surface area contributed by atoms with Crippen molar-refractivity contribution in [2.45, 2.75) is 26.7 Å². The fourth-order valence-corrected chi connectivity index (χ4v) is 3.29. The van der Waals surface area contributed by atoms with Gasteiger partial charge < -0.3 is 15.1 Å². The van der Waals surface area contributed by atoms with E-state index in [4.69, 9.17) is 0 Å². The predicted molar refractivity (Wildman–Crippen MR) is 91.4 cm³/mol. The monoisotopic (exact) mass is 315 g/mol. The van der Waals surface area contributed by atoms with Crippen LogP contribution in [0.5, 0.6) is 0 Å². The third-order valence-electron chi connectivity index (χ3n) is 4.91. The van der Waals surface area contributed by atoms with Crippen LogP contribution in [0, 0.1) is 11.8 Å². The predicted octanol–water partition coefficient (Wildman–Crippen LogP) is 2.34. The summed E-state index contributed by atoms with van der Waals surface area (Å²) in [6.45, 7) is 6.75. The first-order valence-corrected chi connectivity index (χ1v) is 8.47. The van der Waals surface area contributed by atoms with Crippen molar-refractivity contribution in [1.29, 1.82) is 0 Å². The topological polar surface area (TPSA) is 52.7 Å². The Morgan fingerprint density at radius 1 is 1.22 bits per heavy atom. The standard InChI is InChI=1S/C18H25N3O2/c1-13-7-9-20(10-8-13)17(22)12-21-11-14(2)18(23)19-15-5-3-4-6-16(15)21/h3-6,13-14H,7-12H2,1-2H3,(H,19,23). The molecule has 0 aromatic heterocycles. The zero-order chi connectivity index (χ0) is 16.4. The summed E-state index contributed by atoms with van der Waals surface area (Å²) < 4.78 is 0. The molecule has 2 amide bonds. The molecule has 3 rings (SSSR count). The molecule has 124 valence electrons. The summed E-state index contributed by atoms with van der Waals surface area (Å²) in [6, 6.07) is 7.71. The molecular weight excluding hydrogens is 290 g/mol. The van der Waals surface area contributed by atoms with Crippen LogP contribution in [0.15, 0.2) is 24.3 Å². The van der Waals surface area contributed by atoms with Crippen LogP contribution < -0.4 is 10.2 Å². The number of carbonyl (C=O) groups excluding carboxylic acids is 2. The van der Waals surface area contributed by atoms with E-state index in [1.165, 1.54) is 0 Å². The number of amides is 2. The van der Waals surface area contributed by atoms with Gasteiger partial charge in [0.05, 0.1) is 23.8 Å². The number of benzene rings is 1. The second-order valence-corrected chi connectivity index (χ2v) is 6.85. The number of likely N-dealkylation sites (tertiary alicyclic amines) is 1. The fourth-order valence-electron chi connectivity index (χ4n) is 3.29. The Morgan fingerprint density at radius 2 is 1.91 bits per heavy atom. The summed E-state index contributed by atoms with van der Waals surface area (Å²) in [5.74, 6) is 0.740. The number of hydrogen-bond donors (Lipinski definition) is 1. The van der Waals surface area contributed by atoms with E-state index in [2.05, 4.69) is 12.2 Å². The molecular formula is C18H25N3O2. The quantitative estimate of drug-likeness (QED) is 0.911. The van der Waals surface area contributed by atoms with Crippen molar-refractivity contribution in [3.05, 3.63) is 24.3 Å². The SMILES string of the molecule is CC1CCN(C(=O)CN2CC(C)C(=O)Nc3ccccc32)CC1. The van der Waals surface area contributed by atoms with Gasteiger partial charge in [-0.3, -0.25) is 9.59 Å². The van der Waals surface area contributed by atoms with Gasteiger partial charge in [-0.15, -0.1) is 0 Å². The maximum atomic E-state index is 12.7. The first kappa shape index (κ1) is 15.8. The van der Waals surface area contributed by atoms with E-state index in [1.807, 2.05) is 41.0 Å². The first-order chi connectivity index (χ1) is 11.0. The third-order valence-corrected chi connectivity index (χ3v) is 4.91. The molecule has 5 heteroatoms. The summed E-state index contributed by atoms with van der Waals surface area (Å²) in [7, 11) is 0. The van der Waals surface area contributed by atoms with E-state index in [0.29, 0.717) is 19.0 Å². The number of carbonyl (C=O) groups is 2. The lowest BCUT2D eigenvalue weighted by atomic mass is 9.99. The summed E-state index contributed by atoms with van der Waals surface area (Å²) >= 11 is 0. The van der Waals surface area contributed by atoms with Crippen molar-refractivity contribution >= 4 is 23.2 Å². The van der Waals surface area contributed by atoms with Gasteiger partial charge in [0.25, 0.3) is 0 Å². The van der Waals surface area contributed by atoms with E-state index in [1.54, 1.807) is 0 Å². The molecule has 2 heterocycles. The Bertz CT molecular complexity index is 594. The lowest BCUT2D eigenvalue weighted by Crippen LogP contribution is -2.45. The molecule has 1 N–H and O–H groups in total. The molecule has 1 atom stereocenters. The smallest absolute Gasteiger partial charge is 0.242 e. The second kappa shape index (κ2) is 6.60. The number of nitrogens with one attached hydrogen (secondary N) is 1. The van der Waals surface area contributed by atoms with Crippen LogP contribution in [0.2, 0.25) is 0 Å². The van der Waals surface area contributed by atoms with Gasteiger partial charge in [-0.25, -0.2) is 0 Å². The van der Waals surface area contributed by atoms with Crippen LogP contribution in [-0.2, 0) is 9.59 Å². The molecule has 0 saturated carbocycles. The van der Waals surface area contributed by atoms with Crippen molar-refractivity contribution in [2.24, 2.45) is 11.8 Å². The number of rotatable bonds is 2. The molecule has 2 aliphatic heterocycles. The van der Waals surface area contributed by atoms with Crippen LogP contribution in [0.3, 0.4) is 0 Å². The van der Waals surface area contributed by atoms with Crippen molar-refractivity contribution in [1.82, 2.24) is 4.90 Å². The number of piperidine rings is 1. The average molecular weight is 315 g/mol. The number of hydrogen-bond acceptors (Lipinski definition) is 3. The maximum Gasteiger partial charge on any atom is 0.242 e. The van der Waals surface area contributed by atoms with Crippen LogP contribution >= 0.6 is 0 Å². The molecule has 23 heavy (non-hydrogen) atoms. The minimum absolute atomic E-state index is 0.0131. The third kappa shape index (κ3) is 3.49. The molecule has 0 spiro atoms. The normalized spacial score (nSPS) is 22.3. The van der Waals surface area contributed by atoms with Gasteiger partial charge in [0, 0.05) is 19.6 Å². The first-order valence-electron chi connectivity index (χ1n) is 8.47. The minimum Gasteiger partial charge on any atom is -0.360 e. The van der Waals surface area contributed by atoms with Crippen LogP contribution in [0.25, 0.3) is 0 Å². The van der Waals surface area contributed by atoms with Gasteiger partial charge in [-0.1, -0.05) is 26.0 Å². The Labute approximate surface area is 137 Å². The highest BCUT2D eigenvalue weighted by Crippen LogP contribution is 2.30. The van der Waals surface area contributed by atoms with Gasteiger partial charge >= 0.3 is 0 Å². The minimum atomic E-state index is -0.142. The second-order valence-electron chi connectivity index (χ2n) is 6.85. The average Bonchev–Trinajstić information content (AvgIpc) is 2.65. The molecule has 0 radical (unpaired) electrons. The molecule has 5 nitrogen and oxygen atoms in total. The Kier molecular flexibility index (Phi) is 4.55. The summed E-state index contributed by atoms with van der Waals surface area (Å²) in [4.78, 5) is 28.8. The zero-order valence-corrected chi connectivity index (χ0v) is 13.9. The molecule has 1 saturated heterocycles. The highest BCUT2D eigenvalue weighted by Gasteiger charge is 2.28. The molecule has 1 aromatic carbocycles. The number of fused-ring (bicyclic) bond motifs is 1. The highest BCUT2D eigenvalue weighted by atomic mass is 16.2. The highest BCUT2D eigenvalue weighted by molar-refractivity contribution is 5.98. The molecule has 1 aromatic rings. The molecule has 2 aliphatic rings. The Balaban J connectivity index is 1.75. The lowest BCUT2D eigenvalue weighted by Gasteiger charge is -2.33. The van der Waals surface area contributed by atoms with Crippen LogP contribution in [-0.4, -0.2) is 42.9 Å².